The lowest BCUT2D eigenvalue weighted by molar-refractivity contribution is -0.117. The first-order chi connectivity index (χ1) is 14.5. The first-order valence-electron chi connectivity index (χ1n) is 10.7. The van der Waals surface area contributed by atoms with Crippen LogP contribution in [0.4, 0.5) is 5.69 Å². The maximum absolute atomic E-state index is 13.2. The Balaban J connectivity index is 1.63. The highest BCUT2D eigenvalue weighted by Gasteiger charge is 2.31. The molecule has 1 heterocycles. The van der Waals surface area contributed by atoms with Crippen LogP contribution in [0.15, 0.2) is 29.2 Å². The van der Waals surface area contributed by atoms with Gasteiger partial charge in [0.15, 0.2) is 0 Å². The van der Waals surface area contributed by atoms with Crippen molar-refractivity contribution in [2.45, 2.75) is 46.4 Å². The molecule has 31 heavy (non-hydrogen) atoms. The van der Waals surface area contributed by atoms with E-state index in [9.17, 15) is 13.2 Å². The second kappa shape index (κ2) is 9.10. The minimum absolute atomic E-state index is 0.0726. The Morgan fingerprint density at radius 2 is 1.26 bits per heavy atom. The van der Waals surface area contributed by atoms with E-state index in [1.807, 2.05) is 58.6 Å². The number of sulfonamides is 1. The van der Waals surface area contributed by atoms with Crippen molar-refractivity contribution in [3.05, 3.63) is 57.6 Å². The molecule has 168 valence electrons. The van der Waals surface area contributed by atoms with Gasteiger partial charge in [-0.05, 0) is 63.8 Å². The summed E-state index contributed by atoms with van der Waals surface area (Å²) in [6.07, 6.45) is 0. The molecule has 1 saturated heterocycles. The van der Waals surface area contributed by atoms with Gasteiger partial charge in [-0.25, -0.2) is 8.42 Å². The van der Waals surface area contributed by atoms with Gasteiger partial charge in [0.2, 0.25) is 15.9 Å². The number of carbonyl (C=O) groups is 1. The normalized spacial score (nSPS) is 15.8. The van der Waals surface area contributed by atoms with Gasteiger partial charge in [0, 0.05) is 31.9 Å². The lowest BCUT2D eigenvalue weighted by atomic mass is 10.1. The molecular formula is C24H33N3O3S. The third kappa shape index (κ3) is 5.17. The summed E-state index contributed by atoms with van der Waals surface area (Å²) in [5, 5.41) is 3.03. The average molecular weight is 444 g/mol. The van der Waals surface area contributed by atoms with Gasteiger partial charge >= 0.3 is 0 Å². The zero-order valence-corrected chi connectivity index (χ0v) is 20.2. The summed E-state index contributed by atoms with van der Waals surface area (Å²) in [6.45, 7) is 13.8. The Labute approximate surface area is 186 Å². The first-order valence-corrected chi connectivity index (χ1v) is 12.1. The highest BCUT2D eigenvalue weighted by Crippen LogP contribution is 2.26. The molecule has 6 nitrogen and oxygen atoms in total. The minimum atomic E-state index is -3.55. The number of hydrogen-bond donors (Lipinski definition) is 1. The quantitative estimate of drug-likeness (QED) is 0.768. The standard InChI is InChI=1S/C24H33N3O3S/c1-16-11-18(3)23(19(4)12-16)25-22(28)15-26-7-9-27(10-8-26)31(29,30)24-20(5)13-17(2)14-21(24)6/h11-14H,7-10,15H2,1-6H3,(H,25,28). The van der Waals surface area contributed by atoms with Crippen molar-refractivity contribution < 1.29 is 13.2 Å². The molecule has 0 radical (unpaired) electrons. The van der Waals surface area contributed by atoms with Crippen LogP contribution in [-0.4, -0.2) is 56.3 Å². The number of amides is 1. The minimum Gasteiger partial charge on any atom is -0.324 e. The average Bonchev–Trinajstić information content (AvgIpc) is 2.64. The Kier molecular flexibility index (Phi) is 6.88. The van der Waals surface area contributed by atoms with E-state index in [1.54, 1.807) is 4.31 Å². The van der Waals surface area contributed by atoms with Crippen LogP contribution in [0, 0.1) is 41.5 Å². The number of hydrogen-bond acceptors (Lipinski definition) is 4. The fourth-order valence-corrected chi connectivity index (χ4v) is 6.42. The Hall–Kier alpha value is -2.22. The molecule has 3 rings (SSSR count). The van der Waals surface area contributed by atoms with Crippen LogP contribution in [0.1, 0.15) is 33.4 Å². The summed E-state index contributed by atoms with van der Waals surface area (Å²) in [4.78, 5) is 15.0. The lowest BCUT2D eigenvalue weighted by Gasteiger charge is -2.34. The maximum atomic E-state index is 13.2. The number of nitrogens with one attached hydrogen (secondary N) is 1. The SMILES string of the molecule is Cc1cc(C)c(NC(=O)CN2CCN(S(=O)(=O)c3c(C)cc(C)cc3C)CC2)c(C)c1. The largest absolute Gasteiger partial charge is 0.324 e. The molecule has 2 aromatic carbocycles. The Morgan fingerprint density at radius 1 is 0.806 bits per heavy atom. The summed E-state index contributed by atoms with van der Waals surface area (Å²) in [5.74, 6) is -0.0726. The zero-order chi connectivity index (χ0) is 22.9. The van der Waals surface area contributed by atoms with Crippen LogP contribution >= 0.6 is 0 Å². The number of anilines is 1. The van der Waals surface area contributed by atoms with Crippen molar-refractivity contribution >= 4 is 21.6 Å². The summed E-state index contributed by atoms with van der Waals surface area (Å²) in [7, 11) is -3.55. The van der Waals surface area contributed by atoms with Crippen molar-refractivity contribution in [3.8, 4) is 0 Å². The van der Waals surface area contributed by atoms with Crippen molar-refractivity contribution in [1.82, 2.24) is 9.21 Å². The van der Waals surface area contributed by atoms with E-state index in [2.05, 4.69) is 17.4 Å². The number of piperazine rings is 1. The highest BCUT2D eigenvalue weighted by atomic mass is 32.2. The van der Waals surface area contributed by atoms with E-state index in [0.29, 0.717) is 31.1 Å². The first kappa shape index (κ1) is 23.4. The van der Waals surface area contributed by atoms with Gasteiger partial charge in [-0.1, -0.05) is 35.4 Å². The molecule has 0 aliphatic carbocycles. The van der Waals surface area contributed by atoms with E-state index in [-0.39, 0.29) is 12.5 Å². The molecular weight excluding hydrogens is 410 g/mol. The van der Waals surface area contributed by atoms with E-state index < -0.39 is 10.0 Å². The molecule has 0 aromatic heterocycles. The number of carbonyl (C=O) groups excluding carboxylic acids is 1. The molecule has 1 aliphatic rings. The third-order valence-corrected chi connectivity index (χ3v) is 8.05. The maximum Gasteiger partial charge on any atom is 0.243 e. The van der Waals surface area contributed by atoms with Gasteiger partial charge in [0.1, 0.15) is 0 Å². The number of nitrogens with zero attached hydrogens (tertiary/aromatic N) is 2. The Bertz CT molecular complexity index is 1060. The molecule has 2 aromatic rings. The molecule has 7 heteroatoms. The number of aryl methyl sites for hydroxylation is 6. The van der Waals surface area contributed by atoms with Crippen LogP contribution < -0.4 is 5.32 Å². The third-order valence-electron chi connectivity index (χ3n) is 5.84. The van der Waals surface area contributed by atoms with Gasteiger partial charge in [-0.15, -0.1) is 0 Å². The molecule has 1 fully saturated rings. The molecule has 1 amide bonds. The molecule has 0 atom stereocenters. The molecule has 0 spiro atoms. The number of benzene rings is 2. The molecule has 0 unspecified atom stereocenters. The van der Waals surface area contributed by atoms with Crippen LogP contribution in [0.5, 0.6) is 0 Å². The van der Waals surface area contributed by atoms with Crippen LogP contribution in [0.25, 0.3) is 0 Å². The second-order valence-electron chi connectivity index (χ2n) is 8.73. The second-order valence-corrected chi connectivity index (χ2v) is 10.6. The predicted octanol–water partition coefficient (Wildman–Crippen LogP) is 3.48. The van der Waals surface area contributed by atoms with E-state index >= 15 is 0 Å². The fourth-order valence-electron chi connectivity index (χ4n) is 4.59. The van der Waals surface area contributed by atoms with Gasteiger partial charge in [0.05, 0.1) is 11.4 Å². The van der Waals surface area contributed by atoms with Crippen LogP contribution in [0.2, 0.25) is 0 Å². The summed E-state index contributed by atoms with van der Waals surface area (Å²) < 4.78 is 28.0. The number of rotatable bonds is 5. The van der Waals surface area contributed by atoms with Gasteiger partial charge in [-0.3, -0.25) is 9.69 Å². The van der Waals surface area contributed by atoms with Gasteiger partial charge < -0.3 is 5.32 Å². The van der Waals surface area contributed by atoms with Crippen LogP contribution in [-0.2, 0) is 14.8 Å². The predicted molar refractivity (Wildman–Crippen MR) is 125 cm³/mol. The van der Waals surface area contributed by atoms with E-state index in [0.717, 1.165) is 33.5 Å². The topological polar surface area (TPSA) is 69.7 Å². The highest BCUT2D eigenvalue weighted by molar-refractivity contribution is 7.89. The summed E-state index contributed by atoms with van der Waals surface area (Å²) >= 11 is 0. The smallest absolute Gasteiger partial charge is 0.243 e. The fraction of sp³-hybridized carbons (Fsp3) is 0.458. The van der Waals surface area contributed by atoms with Crippen molar-refractivity contribution in [1.29, 1.82) is 0 Å². The van der Waals surface area contributed by atoms with E-state index in [4.69, 9.17) is 0 Å². The van der Waals surface area contributed by atoms with Crippen molar-refractivity contribution in [3.63, 3.8) is 0 Å². The lowest BCUT2D eigenvalue weighted by Crippen LogP contribution is -2.50. The monoisotopic (exact) mass is 443 g/mol. The molecule has 1 aliphatic heterocycles. The molecule has 0 bridgehead atoms. The summed E-state index contributed by atoms with van der Waals surface area (Å²) in [6, 6.07) is 7.94. The van der Waals surface area contributed by atoms with Crippen LogP contribution in [0.3, 0.4) is 0 Å². The van der Waals surface area contributed by atoms with Gasteiger partial charge in [-0.2, -0.15) is 4.31 Å². The van der Waals surface area contributed by atoms with Gasteiger partial charge in [0.25, 0.3) is 0 Å². The van der Waals surface area contributed by atoms with Crippen molar-refractivity contribution in [2.24, 2.45) is 0 Å². The summed E-state index contributed by atoms with van der Waals surface area (Å²) in [5.41, 5.74) is 6.75. The van der Waals surface area contributed by atoms with E-state index in [1.165, 1.54) is 5.56 Å². The zero-order valence-electron chi connectivity index (χ0n) is 19.4. The van der Waals surface area contributed by atoms with Crippen molar-refractivity contribution in [2.75, 3.05) is 38.0 Å². The molecule has 0 saturated carbocycles. The molecule has 1 N–H and O–H groups in total. The Morgan fingerprint density at radius 3 is 1.74 bits per heavy atom.